The molecule has 0 amide bonds. The van der Waals surface area contributed by atoms with E-state index in [4.69, 9.17) is 10.2 Å². The summed E-state index contributed by atoms with van der Waals surface area (Å²) in [7, 11) is 0. The second-order valence-corrected chi connectivity index (χ2v) is 13.3. The van der Waals surface area contributed by atoms with Gasteiger partial charge in [0.2, 0.25) is 5.52 Å². The molecule has 0 aliphatic rings. The van der Waals surface area contributed by atoms with Crippen molar-refractivity contribution in [1.82, 2.24) is 0 Å². The fourth-order valence-electron chi connectivity index (χ4n) is 5.94. The number of amidine groups is 1. The van der Waals surface area contributed by atoms with Gasteiger partial charge in [0.1, 0.15) is 11.3 Å². The molecule has 0 saturated heterocycles. The first-order chi connectivity index (χ1) is 23.2. The Hall–Kier alpha value is -4.24. The van der Waals surface area contributed by atoms with E-state index in [0.29, 0.717) is 5.84 Å². The molecule has 0 aliphatic carbocycles. The average Bonchev–Trinajstić information content (AvgIpc) is 3.49. The molecule has 0 bridgehead atoms. The van der Waals surface area contributed by atoms with Crippen molar-refractivity contribution in [1.29, 1.82) is 0 Å². The fourth-order valence-corrected chi connectivity index (χ4v) is 5.94. The Kier molecular flexibility index (Phi) is 13.0. The maximum atomic E-state index is 6.32. The van der Waals surface area contributed by atoms with Gasteiger partial charge < -0.3 is 25.2 Å². The molecule has 6 rings (SSSR count). The fraction of sp³-hybridized carbons (Fsp3) is 0.333. The predicted octanol–water partition coefficient (Wildman–Crippen LogP) is 7.29. The molecule has 250 valence electrons. The summed E-state index contributed by atoms with van der Waals surface area (Å²) in [5.41, 5.74) is 17.7. The topological polar surface area (TPSA) is 83.6 Å². The van der Waals surface area contributed by atoms with Crippen LogP contribution in [0.1, 0.15) is 91.4 Å². The Morgan fingerprint density at radius 2 is 1.73 bits per heavy atom. The quantitative estimate of drug-likeness (QED) is 0.0423. The molecule has 0 fully saturated rings. The second-order valence-electron chi connectivity index (χ2n) is 13.3. The van der Waals surface area contributed by atoms with Crippen LogP contribution in [0.25, 0.3) is 49.5 Å². The van der Waals surface area contributed by atoms with Crippen molar-refractivity contribution < 1.29 is 32.8 Å². The summed E-state index contributed by atoms with van der Waals surface area (Å²) in [6.07, 6.45) is 7.61. The molecule has 3 aromatic carbocycles. The third-order valence-electron chi connectivity index (χ3n) is 8.86. The van der Waals surface area contributed by atoms with Gasteiger partial charge >= 0.3 is 18.9 Å². The van der Waals surface area contributed by atoms with Crippen molar-refractivity contribution in [2.24, 2.45) is 16.3 Å². The Morgan fingerprint density at radius 1 is 0.980 bits per heavy atom. The summed E-state index contributed by atoms with van der Waals surface area (Å²) in [5, 5.41) is 7.84. The number of hydrogen-bond donors (Lipinski definition) is 1. The van der Waals surface area contributed by atoms with E-state index in [1.165, 1.54) is 40.6 Å². The summed E-state index contributed by atoms with van der Waals surface area (Å²) >= 11 is 0. The number of hydrogen-bond acceptors (Lipinski definition) is 2. The van der Waals surface area contributed by atoms with Gasteiger partial charge in [-0.25, -0.2) is 4.98 Å². The smallest absolute Gasteiger partial charge is 0.600 e. The van der Waals surface area contributed by atoms with Gasteiger partial charge in [-0.1, -0.05) is 115 Å². The molecule has 0 saturated carbocycles. The van der Waals surface area contributed by atoms with Crippen LogP contribution in [-0.4, -0.2) is 5.84 Å². The molecule has 6 aromatic rings. The summed E-state index contributed by atoms with van der Waals surface area (Å²) < 4.78 is 8.55. The summed E-state index contributed by atoms with van der Waals surface area (Å²) in [6, 6.07) is 34.0. The zero-order chi connectivity index (χ0) is 34.3. The first-order valence-electron chi connectivity index (χ1n) is 17.3. The van der Waals surface area contributed by atoms with Crippen molar-refractivity contribution in [2.45, 2.75) is 86.6 Å². The van der Waals surface area contributed by atoms with E-state index in [0.717, 1.165) is 52.9 Å². The number of H-pyrrole nitrogens is 1. The standard InChI is InChI=1S/C25H20NO.C17H29N4.Li/c1-2-3-8-18-10-6-14-23-24(18)20-12-7-11-19(25(20)27-23)22-16-15-17-9-4-5-13-21(17)26-22;1-7-14(8-2)21-12-10-9-11-15(21)13(3)19-20-16(18)17(4,5)6;/h4-7,9-10,12-16H,2-3,8H2,1H3;9-13H,7-8H2,1-6H3,(H2,18,20);/q2*-1;+1/p+1. The average molecular weight is 648 g/mol. The van der Waals surface area contributed by atoms with Crippen LogP contribution >= 0.6 is 0 Å². The van der Waals surface area contributed by atoms with Crippen LogP contribution in [0.3, 0.4) is 0 Å². The van der Waals surface area contributed by atoms with Crippen LogP contribution in [0.5, 0.6) is 0 Å². The Bertz CT molecular complexity index is 2000. The minimum absolute atomic E-state index is 0. The first kappa shape index (κ1) is 37.6. The molecule has 1 atom stereocenters. The van der Waals surface area contributed by atoms with E-state index in [1.54, 1.807) is 0 Å². The number of aryl methyl sites for hydroxylation is 1. The third kappa shape index (κ3) is 8.68. The number of nitrogens with two attached hydrogens (primary N) is 1. The Morgan fingerprint density at radius 3 is 2.47 bits per heavy atom. The number of para-hydroxylation sites is 1. The molecule has 6 nitrogen and oxygen atoms in total. The largest absolute Gasteiger partial charge is 1.00 e. The van der Waals surface area contributed by atoms with E-state index in [1.807, 2.05) is 52.0 Å². The van der Waals surface area contributed by atoms with E-state index in [9.17, 15) is 0 Å². The first-order valence-corrected chi connectivity index (χ1v) is 17.3. The molecule has 7 heteroatoms. The van der Waals surface area contributed by atoms with Gasteiger partial charge in [-0.2, -0.15) is 0 Å². The number of aromatic amines is 1. The van der Waals surface area contributed by atoms with Crippen molar-refractivity contribution in [3.63, 3.8) is 0 Å². The normalized spacial score (nSPS) is 12.3. The number of pyridine rings is 2. The van der Waals surface area contributed by atoms with Gasteiger partial charge in [-0.05, 0) is 55.0 Å². The SMILES string of the molecule is CCCCc1cccc2oc3c(-c4ccc5ccccc5[nH+]4)[c-]ccc3c12.CC[C-](CC)[n+]1ccccc1C(C)[N-]/N=C(\N)C(C)(C)C.[Li+]. The minimum atomic E-state index is -0.153. The van der Waals surface area contributed by atoms with Crippen LogP contribution in [-0.2, 0) is 6.42 Å². The van der Waals surface area contributed by atoms with Crippen LogP contribution in [0, 0.1) is 17.5 Å². The number of rotatable bonds is 10. The number of aromatic nitrogens is 2. The number of benzene rings is 3. The van der Waals surface area contributed by atoms with Gasteiger partial charge in [-0.3, -0.25) is 0 Å². The van der Waals surface area contributed by atoms with Crippen molar-refractivity contribution in [2.75, 3.05) is 0 Å². The monoisotopic (exact) mass is 647 g/mol. The van der Waals surface area contributed by atoms with Crippen molar-refractivity contribution >= 4 is 38.7 Å². The molecule has 3 N–H and O–H groups in total. The number of unbranched alkanes of at least 4 members (excludes halogenated alkanes) is 1. The Balaban J connectivity index is 0.000000225. The van der Waals surface area contributed by atoms with Crippen LogP contribution in [0.15, 0.2) is 101 Å². The van der Waals surface area contributed by atoms with Crippen molar-refractivity contribution in [3.8, 4) is 11.3 Å². The molecule has 0 radical (unpaired) electrons. The summed E-state index contributed by atoms with van der Waals surface area (Å²) in [5.74, 6) is 0.562. The van der Waals surface area contributed by atoms with Gasteiger partial charge in [0.05, 0.1) is 29.4 Å². The van der Waals surface area contributed by atoms with Gasteiger partial charge in [0, 0.05) is 22.3 Å². The van der Waals surface area contributed by atoms with E-state index in [2.05, 4.69) is 114 Å². The molecule has 3 heterocycles. The van der Waals surface area contributed by atoms with Crippen LogP contribution in [0.4, 0.5) is 0 Å². The number of fused-ring (bicyclic) bond motifs is 4. The second kappa shape index (κ2) is 16.9. The number of nitrogens with one attached hydrogen (secondary N) is 1. The molecular formula is C42H50LiN5O. The van der Waals surface area contributed by atoms with E-state index in [-0.39, 0.29) is 30.3 Å². The molecule has 0 aliphatic heterocycles. The molecular weight excluding hydrogens is 597 g/mol. The predicted molar refractivity (Wildman–Crippen MR) is 199 cm³/mol. The molecule has 0 spiro atoms. The van der Waals surface area contributed by atoms with Gasteiger partial charge in [-0.15, -0.1) is 18.2 Å². The number of nitrogens with zero attached hydrogens (tertiary/aromatic N) is 3. The summed E-state index contributed by atoms with van der Waals surface area (Å²) in [4.78, 5) is 3.54. The van der Waals surface area contributed by atoms with Crippen LogP contribution < -0.4 is 34.1 Å². The minimum Gasteiger partial charge on any atom is -0.600 e. The molecule has 1 unspecified atom stereocenters. The Labute approximate surface area is 304 Å². The zero-order valence-electron chi connectivity index (χ0n) is 30.6. The van der Waals surface area contributed by atoms with Gasteiger partial charge in [0.15, 0.2) is 0 Å². The molecule has 49 heavy (non-hydrogen) atoms. The van der Waals surface area contributed by atoms with E-state index >= 15 is 0 Å². The maximum absolute atomic E-state index is 6.32. The van der Waals surface area contributed by atoms with Crippen LogP contribution in [0.2, 0.25) is 0 Å². The molecule has 3 aromatic heterocycles. The van der Waals surface area contributed by atoms with E-state index < -0.39 is 0 Å². The summed E-state index contributed by atoms with van der Waals surface area (Å²) in [6.45, 7) is 14.8. The van der Waals surface area contributed by atoms with Crippen molar-refractivity contribution in [3.05, 3.63) is 120 Å². The number of furan rings is 1. The maximum Gasteiger partial charge on any atom is 1.00 e. The zero-order valence-corrected chi connectivity index (χ0v) is 30.6. The third-order valence-corrected chi connectivity index (χ3v) is 8.86. The van der Waals surface area contributed by atoms with Gasteiger partial charge in [0.25, 0.3) is 0 Å².